The summed E-state index contributed by atoms with van der Waals surface area (Å²) in [6.45, 7) is 2.15. The highest BCUT2D eigenvalue weighted by atomic mass is 32.2. The third-order valence-corrected chi connectivity index (χ3v) is 7.93. The van der Waals surface area contributed by atoms with Gasteiger partial charge < -0.3 is 5.32 Å². The Labute approximate surface area is 153 Å². The van der Waals surface area contributed by atoms with E-state index in [4.69, 9.17) is 0 Å². The van der Waals surface area contributed by atoms with E-state index in [0.717, 1.165) is 25.8 Å². The van der Waals surface area contributed by atoms with Crippen LogP contribution in [-0.4, -0.2) is 32.1 Å². The van der Waals surface area contributed by atoms with Gasteiger partial charge in [0.15, 0.2) is 0 Å². The monoisotopic (exact) mass is 376 g/mol. The molecule has 6 heteroatoms. The van der Waals surface area contributed by atoms with E-state index in [0.29, 0.717) is 19.1 Å². The molecule has 25 heavy (non-hydrogen) atoms. The lowest BCUT2D eigenvalue weighted by molar-refractivity contribution is 0.220. The minimum atomic E-state index is -3.08. The zero-order chi connectivity index (χ0) is 17.5. The number of hydrogen-bond acceptors (Lipinski definition) is 4. The van der Waals surface area contributed by atoms with Gasteiger partial charge in [0.25, 0.3) is 0 Å². The summed E-state index contributed by atoms with van der Waals surface area (Å²) in [5.41, 5.74) is 2.93. The standard InChI is InChI=1S/C19H24N2O2S2/c1-25(22,23)21-10-8-19(9-11-21)13-18(16-6-2-3-7-17(16)19)20-14-15-5-4-12-24-15/h2-7,12,18,20H,8-11,13-14H2,1H3/t18-/m1/s1. The summed E-state index contributed by atoms with van der Waals surface area (Å²) >= 11 is 1.78. The van der Waals surface area contributed by atoms with E-state index in [9.17, 15) is 8.42 Å². The molecule has 2 aromatic rings. The predicted molar refractivity (Wildman–Crippen MR) is 102 cm³/mol. The van der Waals surface area contributed by atoms with Crippen molar-refractivity contribution in [1.29, 1.82) is 0 Å². The van der Waals surface area contributed by atoms with E-state index in [-0.39, 0.29) is 5.41 Å². The Kier molecular flexibility index (Phi) is 4.48. The highest BCUT2D eigenvalue weighted by Gasteiger charge is 2.46. The molecule has 0 amide bonds. The van der Waals surface area contributed by atoms with Gasteiger partial charge in [0, 0.05) is 30.6 Å². The molecule has 1 fully saturated rings. The van der Waals surface area contributed by atoms with Crippen molar-refractivity contribution in [2.75, 3.05) is 19.3 Å². The van der Waals surface area contributed by atoms with Crippen LogP contribution in [0.25, 0.3) is 0 Å². The van der Waals surface area contributed by atoms with Gasteiger partial charge in [0.2, 0.25) is 10.0 Å². The van der Waals surface area contributed by atoms with E-state index >= 15 is 0 Å². The summed E-state index contributed by atoms with van der Waals surface area (Å²) in [4.78, 5) is 1.35. The molecule has 0 bridgehead atoms. The number of piperidine rings is 1. The zero-order valence-electron chi connectivity index (χ0n) is 14.4. The summed E-state index contributed by atoms with van der Waals surface area (Å²) in [7, 11) is -3.08. The Morgan fingerprint density at radius 1 is 1.20 bits per heavy atom. The lowest BCUT2D eigenvalue weighted by Gasteiger charge is -2.39. The van der Waals surface area contributed by atoms with Gasteiger partial charge in [-0.2, -0.15) is 0 Å². The van der Waals surface area contributed by atoms with E-state index in [1.54, 1.807) is 15.6 Å². The number of sulfonamides is 1. The van der Waals surface area contributed by atoms with Gasteiger partial charge in [-0.15, -0.1) is 11.3 Å². The molecule has 134 valence electrons. The summed E-state index contributed by atoms with van der Waals surface area (Å²) in [5.74, 6) is 0. The average molecular weight is 377 g/mol. The predicted octanol–water partition coefficient (Wildman–Crippen LogP) is 3.28. The van der Waals surface area contributed by atoms with E-state index in [1.807, 2.05) is 0 Å². The van der Waals surface area contributed by atoms with Crippen LogP contribution < -0.4 is 5.32 Å². The van der Waals surface area contributed by atoms with Crippen LogP contribution in [0.15, 0.2) is 41.8 Å². The van der Waals surface area contributed by atoms with Gasteiger partial charge in [-0.1, -0.05) is 30.3 Å². The van der Waals surface area contributed by atoms with Crippen molar-refractivity contribution < 1.29 is 8.42 Å². The Hall–Kier alpha value is -1.21. The van der Waals surface area contributed by atoms with E-state index in [2.05, 4.69) is 47.1 Å². The van der Waals surface area contributed by atoms with Crippen LogP contribution in [0.4, 0.5) is 0 Å². The molecule has 1 saturated heterocycles. The maximum Gasteiger partial charge on any atom is 0.211 e. The van der Waals surface area contributed by atoms with Crippen molar-refractivity contribution in [2.45, 2.75) is 37.3 Å². The highest BCUT2D eigenvalue weighted by molar-refractivity contribution is 7.88. The number of rotatable bonds is 4. The number of nitrogens with one attached hydrogen (secondary N) is 1. The first-order chi connectivity index (χ1) is 12.0. The van der Waals surface area contributed by atoms with E-state index < -0.39 is 10.0 Å². The quantitative estimate of drug-likeness (QED) is 0.891. The fourth-order valence-electron chi connectivity index (χ4n) is 4.43. The Balaban J connectivity index is 1.55. The molecule has 2 aliphatic rings. The summed E-state index contributed by atoms with van der Waals surface area (Å²) in [6, 6.07) is 13.3. The minimum Gasteiger partial charge on any atom is -0.305 e. The van der Waals surface area contributed by atoms with Crippen molar-refractivity contribution in [1.82, 2.24) is 9.62 Å². The molecule has 1 aromatic heterocycles. The molecule has 1 aliphatic heterocycles. The lowest BCUT2D eigenvalue weighted by atomic mass is 9.74. The van der Waals surface area contributed by atoms with Crippen LogP contribution in [-0.2, 0) is 22.0 Å². The molecule has 1 atom stereocenters. The van der Waals surface area contributed by atoms with Crippen LogP contribution in [0.1, 0.15) is 41.3 Å². The number of hydrogen-bond donors (Lipinski definition) is 1. The molecule has 1 aliphatic carbocycles. The molecule has 1 spiro atoms. The summed E-state index contributed by atoms with van der Waals surface area (Å²) < 4.78 is 25.3. The summed E-state index contributed by atoms with van der Waals surface area (Å²) in [6.07, 6.45) is 4.21. The molecular weight excluding hydrogens is 352 g/mol. The van der Waals surface area contributed by atoms with Crippen LogP contribution in [0.2, 0.25) is 0 Å². The largest absolute Gasteiger partial charge is 0.305 e. The van der Waals surface area contributed by atoms with Gasteiger partial charge in [0.1, 0.15) is 0 Å². The first-order valence-corrected chi connectivity index (χ1v) is 11.5. The van der Waals surface area contributed by atoms with Crippen molar-refractivity contribution >= 4 is 21.4 Å². The van der Waals surface area contributed by atoms with Crippen LogP contribution in [0, 0.1) is 0 Å². The molecule has 1 N–H and O–H groups in total. The topological polar surface area (TPSA) is 49.4 Å². The fourth-order valence-corrected chi connectivity index (χ4v) is 5.93. The number of fused-ring (bicyclic) bond motifs is 2. The fraction of sp³-hybridized carbons (Fsp3) is 0.474. The van der Waals surface area contributed by atoms with Gasteiger partial charge in [-0.3, -0.25) is 0 Å². The second-order valence-corrected chi connectivity index (χ2v) is 10.3. The van der Waals surface area contributed by atoms with Crippen molar-refractivity contribution in [3.8, 4) is 0 Å². The molecule has 4 rings (SSSR count). The normalized spacial score (nSPS) is 23.0. The van der Waals surface area contributed by atoms with Crippen molar-refractivity contribution in [3.05, 3.63) is 57.8 Å². The van der Waals surface area contributed by atoms with E-state index in [1.165, 1.54) is 22.3 Å². The maximum absolute atomic E-state index is 11.8. The molecule has 0 saturated carbocycles. The molecule has 2 heterocycles. The first-order valence-electron chi connectivity index (χ1n) is 8.78. The highest BCUT2D eigenvalue weighted by Crippen LogP contribution is 2.50. The van der Waals surface area contributed by atoms with Crippen LogP contribution >= 0.6 is 11.3 Å². The van der Waals surface area contributed by atoms with Crippen LogP contribution in [0.3, 0.4) is 0 Å². The average Bonchev–Trinajstić information content (AvgIpc) is 3.20. The van der Waals surface area contributed by atoms with Gasteiger partial charge in [-0.05, 0) is 47.3 Å². The van der Waals surface area contributed by atoms with Gasteiger partial charge in [-0.25, -0.2) is 12.7 Å². The van der Waals surface area contributed by atoms with Crippen molar-refractivity contribution in [3.63, 3.8) is 0 Å². The number of benzene rings is 1. The first kappa shape index (κ1) is 17.2. The number of nitrogens with zero attached hydrogens (tertiary/aromatic N) is 1. The third-order valence-electron chi connectivity index (χ3n) is 5.75. The summed E-state index contributed by atoms with van der Waals surface area (Å²) in [5, 5.41) is 5.84. The Bertz CT molecular complexity index is 838. The molecule has 0 unspecified atom stereocenters. The molecule has 0 radical (unpaired) electrons. The van der Waals surface area contributed by atoms with Gasteiger partial charge in [0.05, 0.1) is 6.26 Å². The second kappa shape index (κ2) is 6.50. The van der Waals surface area contributed by atoms with Gasteiger partial charge >= 0.3 is 0 Å². The maximum atomic E-state index is 11.8. The second-order valence-electron chi connectivity index (χ2n) is 7.25. The number of thiophene rings is 1. The Morgan fingerprint density at radius 3 is 2.64 bits per heavy atom. The lowest BCUT2D eigenvalue weighted by Crippen LogP contribution is -2.44. The third kappa shape index (κ3) is 3.28. The Morgan fingerprint density at radius 2 is 1.96 bits per heavy atom. The molecular formula is C19H24N2O2S2. The SMILES string of the molecule is CS(=O)(=O)N1CCC2(CC1)C[C@@H](NCc1cccs1)c1ccccc12. The molecule has 4 nitrogen and oxygen atoms in total. The molecule has 1 aromatic carbocycles. The minimum absolute atomic E-state index is 0.116. The van der Waals surface area contributed by atoms with Crippen LogP contribution in [0.5, 0.6) is 0 Å². The van der Waals surface area contributed by atoms with Crippen molar-refractivity contribution in [2.24, 2.45) is 0 Å². The smallest absolute Gasteiger partial charge is 0.211 e. The zero-order valence-corrected chi connectivity index (χ0v) is 16.1.